The Hall–Kier alpha value is -1.36. The molecule has 6 nitrogen and oxygen atoms in total. The van der Waals surface area contributed by atoms with Crippen molar-refractivity contribution < 1.29 is 18.6 Å². The maximum Gasteiger partial charge on any atom is 0.390 e. The fourth-order valence-corrected chi connectivity index (χ4v) is 4.39. The summed E-state index contributed by atoms with van der Waals surface area (Å²) in [5.74, 6) is 0.186. The number of para-hydroxylation sites is 1. The van der Waals surface area contributed by atoms with E-state index in [1.807, 2.05) is 18.2 Å². The molecule has 0 bridgehead atoms. The Labute approximate surface area is 137 Å². The number of esters is 1. The second-order valence-electron chi connectivity index (χ2n) is 5.65. The summed E-state index contributed by atoms with van der Waals surface area (Å²) < 4.78 is 23.4. The third kappa shape index (κ3) is 6.34. The van der Waals surface area contributed by atoms with Crippen molar-refractivity contribution in [2.24, 2.45) is 0 Å². The molecule has 0 unspecified atom stereocenters. The van der Waals surface area contributed by atoms with Gasteiger partial charge in [-0.05, 0) is 25.0 Å². The highest BCUT2D eigenvalue weighted by atomic mass is 31.2. The molecule has 1 aliphatic carbocycles. The lowest BCUT2D eigenvalue weighted by molar-refractivity contribution is -0.140. The number of methoxy groups -OCH3 is 1. The lowest BCUT2D eigenvalue weighted by Gasteiger charge is -2.28. The van der Waals surface area contributed by atoms with Crippen LogP contribution in [0, 0.1) is 0 Å². The van der Waals surface area contributed by atoms with Gasteiger partial charge >= 0.3 is 13.6 Å². The van der Waals surface area contributed by atoms with Gasteiger partial charge in [-0.2, -0.15) is 0 Å². The molecule has 1 atom stereocenters. The van der Waals surface area contributed by atoms with Gasteiger partial charge < -0.3 is 9.26 Å². The van der Waals surface area contributed by atoms with Gasteiger partial charge in [0.25, 0.3) is 0 Å². The predicted molar refractivity (Wildman–Crippen MR) is 89.3 cm³/mol. The van der Waals surface area contributed by atoms with Crippen molar-refractivity contribution in [2.45, 2.75) is 44.6 Å². The van der Waals surface area contributed by atoms with Crippen LogP contribution in [0.15, 0.2) is 30.3 Å². The minimum Gasteiger partial charge on any atom is -0.469 e. The van der Waals surface area contributed by atoms with E-state index >= 15 is 0 Å². The normalized spacial score (nSPS) is 18.1. The Balaban J connectivity index is 1.99. The molecular formula is C16H25N2O4P. The van der Waals surface area contributed by atoms with Gasteiger partial charge in [-0.3, -0.25) is 4.79 Å². The monoisotopic (exact) mass is 340 g/mol. The molecule has 1 saturated carbocycles. The predicted octanol–water partition coefficient (Wildman–Crippen LogP) is 3.25. The number of rotatable bonds is 8. The van der Waals surface area contributed by atoms with Crippen LogP contribution in [0.2, 0.25) is 0 Å². The average molecular weight is 340 g/mol. The highest BCUT2D eigenvalue weighted by Crippen LogP contribution is 2.40. The van der Waals surface area contributed by atoms with E-state index in [2.05, 4.69) is 14.9 Å². The van der Waals surface area contributed by atoms with Crippen molar-refractivity contribution in [2.75, 3.05) is 13.7 Å². The summed E-state index contributed by atoms with van der Waals surface area (Å²) in [5.41, 5.74) is 0. The first-order valence-electron chi connectivity index (χ1n) is 8.06. The zero-order chi connectivity index (χ0) is 16.5. The van der Waals surface area contributed by atoms with Gasteiger partial charge in [0.15, 0.2) is 0 Å². The minimum absolute atomic E-state index is 0.144. The molecule has 0 saturated heterocycles. The average Bonchev–Trinajstić information content (AvgIpc) is 2.56. The number of carbonyl (C=O) groups excluding carboxylic acids is 1. The highest BCUT2D eigenvalue weighted by molar-refractivity contribution is 7.55. The first-order chi connectivity index (χ1) is 11.1. The first-order valence-corrected chi connectivity index (χ1v) is 9.68. The molecule has 0 aliphatic heterocycles. The van der Waals surface area contributed by atoms with E-state index in [0.717, 1.165) is 25.7 Å². The summed E-state index contributed by atoms with van der Waals surface area (Å²) in [4.78, 5) is 11.2. The van der Waals surface area contributed by atoms with Gasteiger partial charge in [0.05, 0.1) is 13.5 Å². The Morgan fingerprint density at radius 2 is 1.91 bits per heavy atom. The summed E-state index contributed by atoms with van der Waals surface area (Å²) in [5, 5.41) is 6.02. The van der Waals surface area contributed by atoms with E-state index in [1.165, 1.54) is 13.5 Å². The highest BCUT2D eigenvalue weighted by Gasteiger charge is 2.29. The molecule has 0 radical (unpaired) electrons. The second-order valence-corrected chi connectivity index (χ2v) is 7.51. The van der Waals surface area contributed by atoms with Crippen LogP contribution in [-0.4, -0.2) is 25.7 Å². The van der Waals surface area contributed by atoms with E-state index in [1.54, 1.807) is 12.1 Å². The topological polar surface area (TPSA) is 76.7 Å². The number of nitrogens with one attached hydrogen (secondary N) is 2. The van der Waals surface area contributed by atoms with Crippen LogP contribution in [0.4, 0.5) is 0 Å². The van der Waals surface area contributed by atoms with Gasteiger partial charge in [-0.25, -0.2) is 14.7 Å². The quantitative estimate of drug-likeness (QED) is 0.559. The van der Waals surface area contributed by atoms with Crippen molar-refractivity contribution in [1.29, 1.82) is 0 Å². The molecule has 1 aromatic carbocycles. The Morgan fingerprint density at radius 3 is 2.57 bits per heavy atom. The number of ether oxygens (including phenoxy) is 1. The van der Waals surface area contributed by atoms with Crippen LogP contribution in [0.5, 0.6) is 5.75 Å². The van der Waals surface area contributed by atoms with Crippen LogP contribution in [0.1, 0.15) is 38.5 Å². The van der Waals surface area contributed by atoms with Crippen molar-refractivity contribution in [3.63, 3.8) is 0 Å². The number of hydrogen-bond donors (Lipinski definition) is 2. The molecule has 128 valence electrons. The Bertz CT molecular complexity index is 532. The lowest BCUT2D eigenvalue weighted by atomic mass is 9.96. The molecule has 2 N–H and O–H groups in total. The van der Waals surface area contributed by atoms with Crippen molar-refractivity contribution in [1.82, 2.24) is 10.2 Å². The third-order valence-electron chi connectivity index (χ3n) is 3.81. The van der Waals surface area contributed by atoms with Crippen LogP contribution >= 0.6 is 7.67 Å². The van der Waals surface area contributed by atoms with Crippen LogP contribution < -0.4 is 14.7 Å². The van der Waals surface area contributed by atoms with Gasteiger partial charge in [0, 0.05) is 12.6 Å². The lowest BCUT2D eigenvalue weighted by Crippen LogP contribution is -2.36. The van der Waals surface area contributed by atoms with E-state index in [4.69, 9.17) is 4.52 Å². The van der Waals surface area contributed by atoms with Crippen molar-refractivity contribution in [3.8, 4) is 5.75 Å². The smallest absolute Gasteiger partial charge is 0.390 e. The van der Waals surface area contributed by atoms with E-state index < -0.39 is 7.67 Å². The van der Waals surface area contributed by atoms with E-state index in [-0.39, 0.29) is 25.0 Å². The summed E-state index contributed by atoms with van der Waals surface area (Å²) in [6, 6.07) is 9.22. The molecule has 1 fully saturated rings. The van der Waals surface area contributed by atoms with Gasteiger partial charge in [-0.15, -0.1) is 0 Å². The largest absolute Gasteiger partial charge is 0.469 e. The first kappa shape index (κ1) is 18.0. The molecule has 0 amide bonds. The SMILES string of the molecule is COC(=O)CCN[P@@](=O)(NC1CCCCC1)Oc1ccccc1. The van der Waals surface area contributed by atoms with E-state index in [9.17, 15) is 9.36 Å². The molecule has 0 heterocycles. The Kier molecular flexibility index (Phi) is 7.09. The fourth-order valence-electron chi connectivity index (χ4n) is 2.61. The van der Waals surface area contributed by atoms with Crippen LogP contribution in [0.3, 0.4) is 0 Å². The molecule has 1 aromatic rings. The van der Waals surface area contributed by atoms with Gasteiger partial charge in [-0.1, -0.05) is 37.5 Å². The summed E-state index contributed by atoms with van der Waals surface area (Å²) in [7, 11) is -1.95. The molecule has 2 rings (SSSR count). The number of benzene rings is 1. The molecular weight excluding hydrogens is 315 g/mol. The number of hydrogen-bond acceptors (Lipinski definition) is 4. The summed E-state index contributed by atoms with van der Waals surface area (Å²) >= 11 is 0. The van der Waals surface area contributed by atoms with E-state index in [0.29, 0.717) is 5.75 Å². The molecule has 0 spiro atoms. The summed E-state index contributed by atoms with van der Waals surface area (Å²) in [6.07, 6.45) is 5.60. The minimum atomic E-state index is -3.28. The standard InChI is InChI=1S/C16H25N2O4P/c1-21-16(19)12-13-17-23(20,18-14-8-4-2-5-9-14)22-15-10-6-3-7-11-15/h3,6-7,10-11,14H,2,4-5,8-9,12-13H2,1H3,(H2,17,18,20)/t23-/m0/s1. The number of carbonyl (C=O) groups is 1. The maximum atomic E-state index is 13.1. The zero-order valence-corrected chi connectivity index (χ0v) is 14.4. The molecule has 1 aliphatic rings. The maximum absolute atomic E-state index is 13.1. The Morgan fingerprint density at radius 1 is 1.22 bits per heavy atom. The van der Waals surface area contributed by atoms with Crippen LogP contribution in [-0.2, 0) is 14.1 Å². The second kappa shape index (κ2) is 9.06. The molecule has 23 heavy (non-hydrogen) atoms. The summed E-state index contributed by atoms with van der Waals surface area (Å²) in [6.45, 7) is 0.233. The zero-order valence-electron chi connectivity index (χ0n) is 13.5. The van der Waals surface area contributed by atoms with Crippen LogP contribution in [0.25, 0.3) is 0 Å². The molecule has 0 aromatic heterocycles. The third-order valence-corrected chi connectivity index (χ3v) is 5.62. The van der Waals surface area contributed by atoms with Gasteiger partial charge in [0.1, 0.15) is 5.75 Å². The van der Waals surface area contributed by atoms with Crippen molar-refractivity contribution in [3.05, 3.63) is 30.3 Å². The van der Waals surface area contributed by atoms with Gasteiger partial charge in [0.2, 0.25) is 0 Å². The fraction of sp³-hybridized carbons (Fsp3) is 0.562. The molecule has 7 heteroatoms. The van der Waals surface area contributed by atoms with Crippen molar-refractivity contribution >= 4 is 13.6 Å².